The largest absolute Gasteiger partial charge is 0.507 e. The van der Waals surface area contributed by atoms with Gasteiger partial charge in [-0.25, -0.2) is 4.39 Å². The number of hydrogen-bond donors (Lipinski definition) is 3. The Morgan fingerprint density at radius 1 is 1.14 bits per heavy atom. The van der Waals surface area contributed by atoms with Crippen molar-refractivity contribution in [3.63, 3.8) is 0 Å². The molecule has 0 spiro atoms. The molecule has 1 amide bonds. The van der Waals surface area contributed by atoms with Gasteiger partial charge in [-0.05, 0) is 30.3 Å². The molecule has 0 saturated carbocycles. The van der Waals surface area contributed by atoms with Crippen molar-refractivity contribution in [3.8, 4) is 11.6 Å². The summed E-state index contributed by atoms with van der Waals surface area (Å²) in [5.41, 5.74) is 0.401. The number of hydrogen-bond acceptors (Lipinski definition) is 4. The number of nitrogens with zero attached hydrogens (tertiary/aromatic N) is 2. The van der Waals surface area contributed by atoms with Gasteiger partial charge in [0.25, 0.3) is 5.91 Å². The Morgan fingerprint density at radius 3 is 2.68 bits per heavy atom. The van der Waals surface area contributed by atoms with Crippen molar-refractivity contribution in [2.45, 2.75) is 0 Å². The number of aromatic amines is 1. The summed E-state index contributed by atoms with van der Waals surface area (Å²) in [4.78, 5) is 14.5. The minimum absolute atomic E-state index is 0.0169. The van der Waals surface area contributed by atoms with Crippen molar-refractivity contribution in [3.05, 3.63) is 53.8 Å². The molecule has 0 aliphatic carbocycles. The number of benzene rings is 2. The number of carbonyl (C=O) groups excluding carboxylic acids is 1. The fourth-order valence-electron chi connectivity index (χ4n) is 2.04. The zero-order valence-electron chi connectivity index (χ0n) is 11.1. The molecular formula is C15H10FN3O3. The number of halogens is 1. The number of phenols is 1. The molecule has 3 aromatic rings. The minimum atomic E-state index is -0.775. The van der Waals surface area contributed by atoms with Crippen molar-refractivity contribution in [1.82, 2.24) is 4.98 Å². The molecule has 0 saturated heterocycles. The van der Waals surface area contributed by atoms with Crippen LogP contribution in [0.1, 0.15) is 10.4 Å². The highest BCUT2D eigenvalue weighted by molar-refractivity contribution is 5.98. The Kier molecular flexibility index (Phi) is 3.30. The molecule has 6 nitrogen and oxygen atoms in total. The Hall–Kier alpha value is -3.22. The minimum Gasteiger partial charge on any atom is -0.507 e. The molecule has 0 atom stereocenters. The lowest BCUT2D eigenvalue weighted by Gasteiger charge is -1.97. The lowest BCUT2D eigenvalue weighted by atomic mass is 10.2. The predicted molar refractivity (Wildman–Crippen MR) is 76.9 cm³/mol. The molecule has 0 bridgehead atoms. The lowest BCUT2D eigenvalue weighted by Crippen LogP contribution is -1.93. The highest BCUT2D eigenvalue weighted by atomic mass is 19.1. The normalized spacial score (nSPS) is 11.3. The number of nitrogens with one attached hydrogen (secondary N) is 1. The van der Waals surface area contributed by atoms with E-state index in [9.17, 15) is 19.4 Å². The van der Waals surface area contributed by atoms with Crippen LogP contribution in [0.2, 0.25) is 0 Å². The molecule has 110 valence electrons. The Morgan fingerprint density at radius 2 is 1.91 bits per heavy atom. The second kappa shape index (κ2) is 5.28. The van der Waals surface area contributed by atoms with Crippen LogP contribution in [-0.4, -0.2) is 21.1 Å². The average molecular weight is 299 g/mol. The first-order chi connectivity index (χ1) is 10.6. The van der Waals surface area contributed by atoms with Crippen LogP contribution in [0.3, 0.4) is 0 Å². The Labute approximate surface area is 123 Å². The van der Waals surface area contributed by atoms with Crippen molar-refractivity contribution in [2.75, 3.05) is 0 Å². The summed E-state index contributed by atoms with van der Waals surface area (Å²) >= 11 is 0. The number of phenolic OH excluding ortho intramolecular Hbond substituents is 1. The zero-order valence-corrected chi connectivity index (χ0v) is 11.1. The summed E-state index contributed by atoms with van der Waals surface area (Å²) in [6.45, 7) is 0. The van der Waals surface area contributed by atoms with Crippen LogP contribution in [0.25, 0.3) is 10.9 Å². The number of H-pyrrole nitrogens is 1. The van der Waals surface area contributed by atoms with E-state index in [1.165, 1.54) is 30.3 Å². The van der Waals surface area contributed by atoms with Gasteiger partial charge in [-0.15, -0.1) is 10.2 Å². The molecule has 3 rings (SSSR count). The Balaban J connectivity index is 1.99. The van der Waals surface area contributed by atoms with E-state index >= 15 is 0 Å². The highest BCUT2D eigenvalue weighted by Crippen LogP contribution is 2.36. The molecule has 22 heavy (non-hydrogen) atoms. The molecule has 7 heteroatoms. The van der Waals surface area contributed by atoms with Gasteiger partial charge in [0.05, 0.1) is 11.1 Å². The summed E-state index contributed by atoms with van der Waals surface area (Å²) in [5.74, 6) is -1.83. The zero-order chi connectivity index (χ0) is 15.7. The number of aromatic nitrogens is 1. The molecule has 0 unspecified atom stereocenters. The second-order valence-corrected chi connectivity index (χ2v) is 4.53. The molecule has 3 N–H and O–H groups in total. The number of para-hydroxylation sites is 1. The fraction of sp³-hybridized carbons (Fsp3) is 0. The molecular weight excluding hydrogens is 289 g/mol. The summed E-state index contributed by atoms with van der Waals surface area (Å²) < 4.78 is 13.3. The summed E-state index contributed by atoms with van der Waals surface area (Å²) in [6.07, 6.45) is 0. The molecule has 2 aromatic carbocycles. The molecule has 1 heterocycles. The number of carbonyl (C=O) groups is 1. The average Bonchev–Trinajstić information content (AvgIpc) is 2.80. The van der Waals surface area contributed by atoms with E-state index in [2.05, 4.69) is 15.2 Å². The van der Waals surface area contributed by atoms with Gasteiger partial charge in [0, 0.05) is 5.39 Å². The van der Waals surface area contributed by atoms with Gasteiger partial charge in [0.1, 0.15) is 11.6 Å². The van der Waals surface area contributed by atoms with E-state index < -0.39 is 11.7 Å². The predicted octanol–water partition coefficient (Wildman–Crippen LogP) is 3.64. The number of fused-ring (bicyclic) bond motifs is 1. The topological polar surface area (TPSA) is 98.0 Å². The first-order valence-corrected chi connectivity index (χ1v) is 6.30. The van der Waals surface area contributed by atoms with Crippen LogP contribution >= 0.6 is 0 Å². The molecule has 0 radical (unpaired) electrons. The van der Waals surface area contributed by atoms with Gasteiger partial charge in [-0.3, -0.25) is 4.79 Å². The maximum absolute atomic E-state index is 13.3. The van der Waals surface area contributed by atoms with Crippen molar-refractivity contribution >= 4 is 22.5 Å². The van der Waals surface area contributed by atoms with Gasteiger partial charge >= 0.3 is 0 Å². The summed E-state index contributed by atoms with van der Waals surface area (Å²) in [5, 5.41) is 26.8. The van der Waals surface area contributed by atoms with E-state index in [1.807, 2.05) is 0 Å². The van der Waals surface area contributed by atoms with Crippen LogP contribution in [0.15, 0.2) is 52.7 Å². The van der Waals surface area contributed by atoms with Gasteiger partial charge in [-0.2, -0.15) is 0 Å². The fourth-order valence-corrected chi connectivity index (χ4v) is 2.04. The monoisotopic (exact) mass is 299 g/mol. The first-order valence-electron chi connectivity index (χ1n) is 6.30. The van der Waals surface area contributed by atoms with Gasteiger partial charge in [0.15, 0.2) is 5.69 Å². The van der Waals surface area contributed by atoms with E-state index in [1.54, 1.807) is 12.1 Å². The quantitative estimate of drug-likeness (QED) is 0.630. The number of rotatable bonds is 2. The van der Waals surface area contributed by atoms with Crippen molar-refractivity contribution in [2.24, 2.45) is 10.2 Å². The van der Waals surface area contributed by atoms with Gasteiger partial charge in [-0.1, -0.05) is 12.1 Å². The van der Waals surface area contributed by atoms with Crippen molar-refractivity contribution < 1.29 is 19.4 Å². The third-order valence-electron chi connectivity index (χ3n) is 3.09. The smallest absolute Gasteiger partial charge is 0.299 e. The van der Waals surface area contributed by atoms with Crippen LogP contribution < -0.4 is 0 Å². The maximum Gasteiger partial charge on any atom is 0.299 e. The SMILES string of the molecule is O=C(N=Nc1c(O)[nH]c2ccc(F)cc12)c1ccccc1O. The van der Waals surface area contributed by atoms with Crippen LogP contribution in [0, 0.1) is 5.82 Å². The van der Waals surface area contributed by atoms with E-state index in [4.69, 9.17) is 0 Å². The number of aromatic hydroxyl groups is 2. The van der Waals surface area contributed by atoms with E-state index in [-0.39, 0.29) is 22.9 Å². The third kappa shape index (κ3) is 2.39. The summed E-state index contributed by atoms with van der Waals surface area (Å²) in [7, 11) is 0. The van der Waals surface area contributed by atoms with Gasteiger partial charge < -0.3 is 15.2 Å². The van der Waals surface area contributed by atoms with E-state index in [0.717, 1.165) is 0 Å². The molecule has 0 aliphatic heterocycles. The molecule has 0 aliphatic rings. The third-order valence-corrected chi connectivity index (χ3v) is 3.09. The van der Waals surface area contributed by atoms with Crippen LogP contribution in [0.4, 0.5) is 10.1 Å². The van der Waals surface area contributed by atoms with Gasteiger partial charge in [0.2, 0.25) is 5.88 Å². The van der Waals surface area contributed by atoms with Crippen LogP contribution in [0.5, 0.6) is 11.6 Å². The second-order valence-electron chi connectivity index (χ2n) is 4.53. The lowest BCUT2D eigenvalue weighted by molar-refractivity contribution is 0.0992. The number of azo groups is 1. The first kappa shape index (κ1) is 13.7. The standard InChI is InChI=1S/C15H10FN3O3/c16-8-5-6-11-10(7-8)13(15(22)17-11)18-19-14(21)9-3-1-2-4-12(9)20/h1-7,17,20,22H. The Bertz CT molecular complexity index is 902. The number of amides is 1. The maximum atomic E-state index is 13.3. The van der Waals surface area contributed by atoms with Crippen LogP contribution in [-0.2, 0) is 0 Å². The van der Waals surface area contributed by atoms with E-state index in [0.29, 0.717) is 10.9 Å². The molecule has 1 aromatic heterocycles. The summed E-state index contributed by atoms with van der Waals surface area (Å²) in [6, 6.07) is 9.72. The highest BCUT2D eigenvalue weighted by Gasteiger charge is 2.13. The molecule has 0 fully saturated rings. The van der Waals surface area contributed by atoms with Crippen molar-refractivity contribution in [1.29, 1.82) is 0 Å².